The van der Waals surface area contributed by atoms with Gasteiger partial charge < -0.3 is 16.8 Å². The van der Waals surface area contributed by atoms with Gasteiger partial charge in [0, 0.05) is 28.9 Å². The summed E-state index contributed by atoms with van der Waals surface area (Å²) in [5, 5.41) is 3.32. The maximum Gasteiger partial charge on any atom is 0.255 e. The molecule has 0 fully saturated rings. The van der Waals surface area contributed by atoms with Crippen molar-refractivity contribution >= 4 is 23.2 Å². The Kier molecular flexibility index (Phi) is 4.96. The molecule has 2 rings (SSSR count). The van der Waals surface area contributed by atoms with E-state index >= 15 is 0 Å². The Morgan fingerprint density at radius 1 is 1.29 bits per heavy atom. The Balaban J connectivity index is 2.23. The van der Waals surface area contributed by atoms with Crippen molar-refractivity contribution in [2.45, 2.75) is 19.5 Å². The van der Waals surface area contributed by atoms with Crippen molar-refractivity contribution < 1.29 is 4.79 Å². The van der Waals surface area contributed by atoms with Gasteiger partial charge in [0.15, 0.2) is 0 Å². The van der Waals surface area contributed by atoms with Gasteiger partial charge in [-0.25, -0.2) is 0 Å². The van der Waals surface area contributed by atoms with E-state index in [-0.39, 0.29) is 11.9 Å². The third-order valence-corrected chi connectivity index (χ3v) is 3.35. The second-order valence-corrected chi connectivity index (χ2v) is 5.36. The zero-order valence-electron chi connectivity index (χ0n) is 11.8. The minimum atomic E-state index is -0.228. The lowest BCUT2D eigenvalue weighted by atomic mass is 10.1. The number of anilines is 1. The molecule has 0 spiro atoms. The van der Waals surface area contributed by atoms with Crippen LogP contribution in [0.4, 0.5) is 5.69 Å². The number of rotatable bonds is 4. The molecular weight excluding hydrogens is 286 g/mol. The van der Waals surface area contributed by atoms with Gasteiger partial charge >= 0.3 is 0 Å². The number of nitrogens with one attached hydrogen (secondary N) is 1. The number of hydrogen-bond acceptors (Lipinski definition) is 3. The van der Waals surface area contributed by atoms with Crippen molar-refractivity contribution in [2.24, 2.45) is 11.5 Å². The van der Waals surface area contributed by atoms with Crippen LogP contribution < -0.4 is 16.8 Å². The average molecular weight is 304 g/mol. The Hall–Kier alpha value is -1.88. The first-order valence-electron chi connectivity index (χ1n) is 6.66. The molecule has 0 bridgehead atoms. The number of halogens is 1. The van der Waals surface area contributed by atoms with Crippen LogP contribution in [-0.2, 0) is 6.54 Å². The summed E-state index contributed by atoms with van der Waals surface area (Å²) in [6, 6.07) is 12.4. The Labute approximate surface area is 129 Å². The van der Waals surface area contributed by atoms with Crippen LogP contribution in [0.2, 0.25) is 5.02 Å². The normalized spacial score (nSPS) is 12.0. The van der Waals surface area contributed by atoms with E-state index in [1.165, 1.54) is 0 Å². The molecule has 110 valence electrons. The predicted molar refractivity (Wildman–Crippen MR) is 86.3 cm³/mol. The van der Waals surface area contributed by atoms with Crippen LogP contribution >= 0.6 is 11.6 Å². The van der Waals surface area contributed by atoms with Crippen LogP contribution in [0, 0.1) is 0 Å². The van der Waals surface area contributed by atoms with Crippen LogP contribution in [0.25, 0.3) is 0 Å². The highest BCUT2D eigenvalue weighted by Gasteiger charge is 2.10. The first-order chi connectivity index (χ1) is 9.99. The van der Waals surface area contributed by atoms with E-state index in [1.807, 2.05) is 31.2 Å². The molecule has 0 saturated heterocycles. The predicted octanol–water partition coefficient (Wildman–Crippen LogP) is 3.07. The zero-order chi connectivity index (χ0) is 15.4. The van der Waals surface area contributed by atoms with Crippen molar-refractivity contribution in [3.63, 3.8) is 0 Å². The maximum atomic E-state index is 12.3. The average Bonchev–Trinajstić information content (AvgIpc) is 2.46. The molecule has 4 nitrogen and oxygen atoms in total. The molecule has 2 aromatic rings. The van der Waals surface area contributed by atoms with E-state index in [4.69, 9.17) is 23.1 Å². The quantitative estimate of drug-likeness (QED) is 0.812. The Bertz CT molecular complexity index is 656. The van der Waals surface area contributed by atoms with Crippen molar-refractivity contribution in [2.75, 3.05) is 5.32 Å². The lowest BCUT2D eigenvalue weighted by Crippen LogP contribution is -2.14. The highest BCUT2D eigenvalue weighted by atomic mass is 35.5. The molecule has 0 aromatic heterocycles. The SMILES string of the molecule is C[C@@H](N)c1cc(Cl)cc(C(=O)Nc2cccc(CN)c2)c1. The molecule has 0 saturated carbocycles. The molecule has 1 atom stereocenters. The zero-order valence-corrected chi connectivity index (χ0v) is 12.5. The van der Waals surface area contributed by atoms with Crippen molar-refractivity contribution in [1.82, 2.24) is 0 Å². The first kappa shape index (κ1) is 15.5. The van der Waals surface area contributed by atoms with E-state index in [2.05, 4.69) is 5.32 Å². The van der Waals surface area contributed by atoms with E-state index in [0.29, 0.717) is 22.8 Å². The van der Waals surface area contributed by atoms with Crippen LogP contribution in [-0.4, -0.2) is 5.91 Å². The monoisotopic (exact) mass is 303 g/mol. The van der Waals surface area contributed by atoms with E-state index in [1.54, 1.807) is 18.2 Å². The molecule has 0 aliphatic heterocycles. The summed E-state index contributed by atoms with van der Waals surface area (Å²) >= 11 is 6.04. The van der Waals surface area contributed by atoms with Gasteiger partial charge in [-0.1, -0.05) is 23.7 Å². The number of carbonyl (C=O) groups excluding carboxylic acids is 1. The fraction of sp³-hybridized carbons (Fsp3) is 0.188. The Morgan fingerprint density at radius 2 is 2.05 bits per heavy atom. The largest absolute Gasteiger partial charge is 0.326 e. The van der Waals surface area contributed by atoms with Crippen LogP contribution in [0.15, 0.2) is 42.5 Å². The number of nitrogens with two attached hydrogens (primary N) is 2. The molecule has 0 aliphatic carbocycles. The van der Waals surface area contributed by atoms with Gasteiger partial charge in [0.1, 0.15) is 0 Å². The molecule has 5 heteroatoms. The van der Waals surface area contributed by atoms with Crippen LogP contribution in [0.5, 0.6) is 0 Å². The molecule has 0 aliphatic rings. The Morgan fingerprint density at radius 3 is 2.71 bits per heavy atom. The summed E-state index contributed by atoms with van der Waals surface area (Å²) in [5.41, 5.74) is 14.4. The lowest BCUT2D eigenvalue weighted by molar-refractivity contribution is 0.102. The number of carbonyl (C=O) groups is 1. The van der Waals surface area contributed by atoms with Gasteiger partial charge in [-0.15, -0.1) is 0 Å². The van der Waals surface area contributed by atoms with Crippen LogP contribution in [0.1, 0.15) is 34.5 Å². The van der Waals surface area contributed by atoms with Crippen molar-refractivity contribution in [3.8, 4) is 0 Å². The fourth-order valence-electron chi connectivity index (χ4n) is 1.99. The third-order valence-electron chi connectivity index (χ3n) is 3.13. The van der Waals surface area contributed by atoms with Crippen molar-refractivity contribution in [1.29, 1.82) is 0 Å². The molecule has 21 heavy (non-hydrogen) atoms. The maximum absolute atomic E-state index is 12.3. The standard InChI is InChI=1S/C16H18ClN3O/c1-10(19)12-6-13(8-14(17)7-12)16(21)20-15-4-2-3-11(5-15)9-18/h2-8,10H,9,18-19H2,1H3,(H,20,21)/t10-/m1/s1. The summed E-state index contributed by atoms with van der Waals surface area (Å²) in [6.45, 7) is 2.27. The summed E-state index contributed by atoms with van der Waals surface area (Å²) in [4.78, 5) is 12.3. The van der Waals surface area contributed by atoms with Gasteiger partial charge in [0.2, 0.25) is 0 Å². The molecule has 5 N–H and O–H groups in total. The summed E-state index contributed by atoms with van der Waals surface area (Å²) in [5.74, 6) is -0.228. The van der Waals surface area contributed by atoms with Gasteiger partial charge in [-0.3, -0.25) is 4.79 Å². The highest BCUT2D eigenvalue weighted by molar-refractivity contribution is 6.31. The molecule has 0 heterocycles. The molecule has 0 unspecified atom stereocenters. The van der Waals surface area contributed by atoms with Crippen molar-refractivity contribution in [3.05, 3.63) is 64.2 Å². The number of benzene rings is 2. The van der Waals surface area contributed by atoms with Gasteiger partial charge in [-0.2, -0.15) is 0 Å². The number of amides is 1. The summed E-state index contributed by atoms with van der Waals surface area (Å²) < 4.78 is 0. The van der Waals surface area contributed by atoms with E-state index in [0.717, 1.165) is 11.1 Å². The van der Waals surface area contributed by atoms with Gasteiger partial charge in [0.05, 0.1) is 0 Å². The lowest BCUT2D eigenvalue weighted by Gasteiger charge is -2.11. The second-order valence-electron chi connectivity index (χ2n) is 4.92. The van der Waals surface area contributed by atoms with Gasteiger partial charge in [-0.05, 0) is 48.4 Å². The minimum absolute atomic E-state index is 0.184. The van der Waals surface area contributed by atoms with Gasteiger partial charge in [0.25, 0.3) is 5.91 Å². The molecule has 2 aromatic carbocycles. The smallest absolute Gasteiger partial charge is 0.255 e. The number of hydrogen-bond donors (Lipinski definition) is 3. The highest BCUT2D eigenvalue weighted by Crippen LogP contribution is 2.20. The first-order valence-corrected chi connectivity index (χ1v) is 7.04. The van der Waals surface area contributed by atoms with Crippen LogP contribution in [0.3, 0.4) is 0 Å². The second kappa shape index (κ2) is 6.72. The molecular formula is C16H18ClN3O. The minimum Gasteiger partial charge on any atom is -0.326 e. The third kappa shape index (κ3) is 4.04. The molecule has 1 amide bonds. The fourth-order valence-corrected chi connectivity index (χ4v) is 2.23. The summed E-state index contributed by atoms with van der Waals surface area (Å²) in [7, 11) is 0. The van der Waals surface area contributed by atoms with E-state index in [9.17, 15) is 4.79 Å². The topological polar surface area (TPSA) is 81.1 Å². The summed E-state index contributed by atoms with van der Waals surface area (Å²) in [6.07, 6.45) is 0. The van der Waals surface area contributed by atoms with E-state index < -0.39 is 0 Å². The molecule has 0 radical (unpaired) electrons.